The van der Waals surface area contributed by atoms with E-state index in [9.17, 15) is 9.59 Å². The first-order valence-electron chi connectivity index (χ1n) is 6.87. The Balaban J connectivity index is 4.23. The van der Waals surface area contributed by atoms with Crippen LogP contribution in [0.5, 0.6) is 0 Å². The van der Waals surface area contributed by atoms with Crippen molar-refractivity contribution in [1.82, 2.24) is 5.32 Å². The summed E-state index contributed by atoms with van der Waals surface area (Å²) >= 11 is 0. The predicted octanol–water partition coefficient (Wildman–Crippen LogP) is 1.90. The number of amides is 1. The highest BCUT2D eigenvalue weighted by atomic mass is 16.4. The number of rotatable bonds is 8. The number of carbonyl (C=O) groups is 2. The third-order valence-corrected chi connectivity index (χ3v) is 2.71. The molecule has 0 aromatic carbocycles. The molecular weight excluding hydrogens is 244 g/mol. The molecule has 2 atom stereocenters. The fourth-order valence-corrected chi connectivity index (χ4v) is 2.01. The lowest BCUT2D eigenvalue weighted by atomic mass is 9.87. The van der Waals surface area contributed by atoms with Crippen molar-refractivity contribution in [2.24, 2.45) is 11.1 Å². The van der Waals surface area contributed by atoms with Crippen molar-refractivity contribution in [1.29, 1.82) is 0 Å². The first-order chi connectivity index (χ1) is 8.60. The molecule has 1 amide bonds. The predicted molar refractivity (Wildman–Crippen MR) is 75.8 cm³/mol. The molecule has 0 radical (unpaired) electrons. The second-order valence-corrected chi connectivity index (χ2v) is 6.50. The lowest BCUT2D eigenvalue weighted by molar-refractivity contribution is -0.137. The van der Waals surface area contributed by atoms with Crippen molar-refractivity contribution in [3.05, 3.63) is 0 Å². The van der Waals surface area contributed by atoms with Crippen LogP contribution in [-0.2, 0) is 9.59 Å². The summed E-state index contributed by atoms with van der Waals surface area (Å²) < 4.78 is 0. The largest absolute Gasteiger partial charge is 0.481 e. The van der Waals surface area contributed by atoms with E-state index in [4.69, 9.17) is 10.8 Å². The van der Waals surface area contributed by atoms with Crippen LogP contribution < -0.4 is 11.1 Å². The molecule has 112 valence electrons. The van der Waals surface area contributed by atoms with Crippen LogP contribution in [0.3, 0.4) is 0 Å². The van der Waals surface area contributed by atoms with E-state index in [2.05, 4.69) is 5.32 Å². The van der Waals surface area contributed by atoms with Crippen molar-refractivity contribution >= 4 is 11.9 Å². The molecule has 5 nitrogen and oxygen atoms in total. The van der Waals surface area contributed by atoms with Crippen LogP contribution in [0.2, 0.25) is 0 Å². The zero-order chi connectivity index (χ0) is 15.1. The summed E-state index contributed by atoms with van der Waals surface area (Å²) in [5, 5.41) is 11.7. The summed E-state index contributed by atoms with van der Waals surface area (Å²) in [4.78, 5) is 22.6. The van der Waals surface area contributed by atoms with Gasteiger partial charge >= 0.3 is 5.97 Å². The Kier molecular flexibility index (Phi) is 7.68. The van der Waals surface area contributed by atoms with E-state index in [0.29, 0.717) is 12.8 Å². The molecular formula is C14H28N2O3. The summed E-state index contributed by atoms with van der Waals surface area (Å²) in [6.07, 6.45) is 2.56. The maximum absolute atomic E-state index is 11.8. The maximum atomic E-state index is 11.8. The Morgan fingerprint density at radius 1 is 1.32 bits per heavy atom. The number of nitrogens with one attached hydrogen (secondary N) is 1. The Bertz CT molecular complexity index is 296. The molecule has 0 aliphatic rings. The van der Waals surface area contributed by atoms with Gasteiger partial charge in [-0.3, -0.25) is 9.59 Å². The summed E-state index contributed by atoms with van der Waals surface area (Å²) in [7, 11) is 0. The van der Waals surface area contributed by atoms with Gasteiger partial charge in [0.15, 0.2) is 0 Å². The van der Waals surface area contributed by atoms with Crippen molar-refractivity contribution in [3.8, 4) is 0 Å². The van der Waals surface area contributed by atoms with Crippen LogP contribution in [0.15, 0.2) is 0 Å². The quantitative estimate of drug-likeness (QED) is 0.629. The fraction of sp³-hybridized carbons (Fsp3) is 0.857. The number of carbonyl (C=O) groups excluding carboxylic acids is 1. The minimum absolute atomic E-state index is 0.0147. The fourth-order valence-electron chi connectivity index (χ4n) is 2.01. The summed E-state index contributed by atoms with van der Waals surface area (Å²) in [6, 6.07) is -0.211. The third kappa shape index (κ3) is 11.7. The Morgan fingerprint density at radius 2 is 1.89 bits per heavy atom. The molecule has 19 heavy (non-hydrogen) atoms. The lowest BCUT2D eigenvalue weighted by Gasteiger charge is -2.25. The Hall–Kier alpha value is -1.10. The highest BCUT2D eigenvalue weighted by Gasteiger charge is 2.22. The van der Waals surface area contributed by atoms with E-state index in [1.807, 2.05) is 27.7 Å². The zero-order valence-electron chi connectivity index (χ0n) is 12.5. The smallest absolute Gasteiger partial charge is 0.305 e. The van der Waals surface area contributed by atoms with Crippen molar-refractivity contribution in [3.63, 3.8) is 0 Å². The molecule has 4 N–H and O–H groups in total. The third-order valence-electron chi connectivity index (χ3n) is 2.71. The highest BCUT2D eigenvalue weighted by molar-refractivity contribution is 5.77. The molecule has 0 spiro atoms. The van der Waals surface area contributed by atoms with E-state index in [-0.39, 0.29) is 29.8 Å². The lowest BCUT2D eigenvalue weighted by Crippen LogP contribution is -2.39. The minimum Gasteiger partial charge on any atom is -0.481 e. The van der Waals surface area contributed by atoms with Crippen LogP contribution in [0.25, 0.3) is 0 Å². The van der Waals surface area contributed by atoms with Crippen molar-refractivity contribution < 1.29 is 14.7 Å². The Labute approximate surface area is 115 Å². The van der Waals surface area contributed by atoms with Crippen LogP contribution in [-0.4, -0.2) is 29.1 Å². The van der Waals surface area contributed by atoms with Crippen LogP contribution in [0, 0.1) is 5.41 Å². The van der Waals surface area contributed by atoms with Gasteiger partial charge in [-0.1, -0.05) is 20.8 Å². The molecule has 0 saturated carbocycles. The molecule has 0 aliphatic carbocycles. The average molecular weight is 272 g/mol. The van der Waals surface area contributed by atoms with Gasteiger partial charge < -0.3 is 16.2 Å². The molecule has 0 heterocycles. The summed E-state index contributed by atoms with van der Waals surface area (Å²) in [6.45, 7) is 8.00. The maximum Gasteiger partial charge on any atom is 0.305 e. The molecule has 5 heteroatoms. The van der Waals surface area contributed by atoms with Crippen LogP contribution >= 0.6 is 0 Å². The topological polar surface area (TPSA) is 92.4 Å². The second-order valence-electron chi connectivity index (χ2n) is 6.50. The normalized spacial score (nSPS) is 14.8. The summed E-state index contributed by atoms with van der Waals surface area (Å²) in [5.41, 5.74) is 5.60. The number of hydrogen-bond acceptors (Lipinski definition) is 3. The van der Waals surface area contributed by atoms with Crippen molar-refractivity contribution in [2.45, 2.75) is 71.9 Å². The monoisotopic (exact) mass is 272 g/mol. The number of aliphatic carboxylic acids is 1. The highest BCUT2D eigenvalue weighted by Crippen LogP contribution is 2.22. The van der Waals surface area contributed by atoms with Gasteiger partial charge in [-0.15, -0.1) is 0 Å². The second kappa shape index (κ2) is 8.15. The zero-order valence-corrected chi connectivity index (χ0v) is 12.5. The van der Waals surface area contributed by atoms with Gasteiger partial charge in [0.2, 0.25) is 5.91 Å². The average Bonchev–Trinajstić information content (AvgIpc) is 2.12. The molecule has 0 rings (SSSR count). The molecule has 0 aromatic heterocycles. The molecule has 0 fully saturated rings. The van der Waals surface area contributed by atoms with E-state index < -0.39 is 5.97 Å². The number of carboxylic acids is 1. The van der Waals surface area contributed by atoms with Crippen LogP contribution in [0.1, 0.15) is 59.8 Å². The first-order valence-corrected chi connectivity index (χ1v) is 6.87. The van der Waals surface area contributed by atoms with Gasteiger partial charge in [0.25, 0.3) is 0 Å². The molecule has 0 bridgehead atoms. The van der Waals surface area contributed by atoms with Gasteiger partial charge in [-0.05, 0) is 31.6 Å². The molecule has 0 aliphatic heterocycles. The number of nitrogens with two attached hydrogens (primary N) is 1. The van der Waals surface area contributed by atoms with E-state index in [1.54, 1.807) is 0 Å². The van der Waals surface area contributed by atoms with E-state index in [0.717, 1.165) is 12.8 Å². The number of hydrogen-bond donors (Lipinski definition) is 3. The standard InChI is InChI=1S/C14H28N2O3/c1-10(15)6-5-7-12(17)16-11(8-13(18)19)9-14(2,3)4/h10-11H,5-9,15H2,1-4H3,(H,16,17)(H,18,19). The number of carboxylic acid groups (broad SMARTS) is 1. The van der Waals surface area contributed by atoms with Crippen molar-refractivity contribution in [2.75, 3.05) is 0 Å². The van der Waals surface area contributed by atoms with Gasteiger partial charge in [0, 0.05) is 18.5 Å². The van der Waals surface area contributed by atoms with E-state index >= 15 is 0 Å². The minimum atomic E-state index is -0.884. The van der Waals surface area contributed by atoms with Gasteiger partial charge in [-0.25, -0.2) is 0 Å². The van der Waals surface area contributed by atoms with Crippen LogP contribution in [0.4, 0.5) is 0 Å². The van der Waals surface area contributed by atoms with Gasteiger partial charge in [-0.2, -0.15) is 0 Å². The first kappa shape index (κ1) is 17.9. The van der Waals surface area contributed by atoms with Gasteiger partial charge in [0.05, 0.1) is 6.42 Å². The Morgan fingerprint density at radius 3 is 2.32 bits per heavy atom. The summed E-state index contributed by atoms with van der Waals surface area (Å²) in [5.74, 6) is -0.971. The van der Waals surface area contributed by atoms with E-state index in [1.165, 1.54) is 0 Å². The molecule has 0 aromatic rings. The SMILES string of the molecule is CC(N)CCCC(=O)NC(CC(=O)O)CC(C)(C)C. The molecule has 0 saturated heterocycles. The molecule has 2 unspecified atom stereocenters. The van der Waals surface area contributed by atoms with Gasteiger partial charge in [0.1, 0.15) is 0 Å².